The van der Waals surface area contributed by atoms with Crippen molar-refractivity contribution in [1.29, 1.82) is 0 Å². The first-order valence-corrected chi connectivity index (χ1v) is 18.6. The number of benzene rings is 4. The van der Waals surface area contributed by atoms with Crippen LogP contribution in [0.15, 0.2) is 114 Å². The van der Waals surface area contributed by atoms with E-state index in [1.807, 2.05) is 13.0 Å². The minimum atomic E-state index is -0.749. The van der Waals surface area contributed by atoms with E-state index in [0.29, 0.717) is 28.3 Å². The standard InChI is InChI=1S/C40H34ClFN4O6S2/c1-4-32(37(49)46-39-33(40(51)52-3)23(2)34(54-39)38(50)43-25-15-9-6-10-16-25)53-27-18-11-17-26(21-27)44-36(48)31(22-28-29(41)19-12-20-30(28)42)45-35(47)24-13-7-5-8-14-24/h5-22,32H,4H2,1-3H3,(H,43,50)(H,44,48)(H,45,47)(H,46,49)/b31-22+. The van der Waals surface area contributed by atoms with E-state index in [0.717, 1.165) is 17.4 Å². The van der Waals surface area contributed by atoms with Gasteiger partial charge in [-0.05, 0) is 79.6 Å². The number of rotatable bonds is 13. The Morgan fingerprint density at radius 2 is 1.52 bits per heavy atom. The van der Waals surface area contributed by atoms with E-state index in [-0.39, 0.29) is 37.3 Å². The van der Waals surface area contributed by atoms with Gasteiger partial charge in [0, 0.05) is 27.4 Å². The third kappa shape index (κ3) is 9.81. The van der Waals surface area contributed by atoms with E-state index in [2.05, 4.69) is 21.3 Å². The molecule has 5 aromatic rings. The topological polar surface area (TPSA) is 143 Å². The molecule has 0 aliphatic carbocycles. The fourth-order valence-corrected chi connectivity index (χ4v) is 7.46. The number of halogens is 2. The summed E-state index contributed by atoms with van der Waals surface area (Å²) >= 11 is 8.41. The van der Waals surface area contributed by atoms with Gasteiger partial charge in [0.15, 0.2) is 0 Å². The number of carbonyl (C=O) groups excluding carboxylic acids is 5. The van der Waals surface area contributed by atoms with Gasteiger partial charge in [0.25, 0.3) is 17.7 Å². The molecule has 0 aliphatic heterocycles. The molecular formula is C40H34ClFN4O6S2. The van der Waals surface area contributed by atoms with Crippen molar-refractivity contribution >= 4 is 86.7 Å². The molecule has 0 aliphatic rings. The second-order valence-electron chi connectivity index (χ2n) is 11.6. The third-order valence-corrected chi connectivity index (χ3v) is 10.8. The maximum atomic E-state index is 14.7. The lowest BCUT2D eigenvalue weighted by molar-refractivity contribution is -0.116. The number of esters is 1. The Kier molecular flexibility index (Phi) is 13.4. The molecule has 0 fully saturated rings. The van der Waals surface area contributed by atoms with Crippen LogP contribution in [-0.2, 0) is 14.3 Å². The first-order valence-electron chi connectivity index (χ1n) is 16.5. The van der Waals surface area contributed by atoms with E-state index in [9.17, 15) is 28.4 Å². The van der Waals surface area contributed by atoms with E-state index < -0.39 is 40.7 Å². The Bertz CT molecular complexity index is 2210. The lowest BCUT2D eigenvalue weighted by Crippen LogP contribution is -2.30. The average molecular weight is 785 g/mol. The molecule has 276 valence electrons. The van der Waals surface area contributed by atoms with Gasteiger partial charge in [-0.2, -0.15) is 0 Å². The van der Waals surface area contributed by atoms with Crippen molar-refractivity contribution in [2.75, 3.05) is 23.1 Å². The first kappa shape index (κ1) is 39.4. The maximum absolute atomic E-state index is 14.7. The highest BCUT2D eigenvalue weighted by Gasteiger charge is 2.28. The van der Waals surface area contributed by atoms with Crippen molar-refractivity contribution in [3.05, 3.63) is 147 Å². The highest BCUT2D eigenvalue weighted by molar-refractivity contribution is 8.00. The van der Waals surface area contributed by atoms with Crippen molar-refractivity contribution in [2.24, 2.45) is 0 Å². The summed E-state index contributed by atoms with van der Waals surface area (Å²) < 4.78 is 19.7. The van der Waals surface area contributed by atoms with Gasteiger partial charge in [0.05, 0.1) is 27.8 Å². The monoisotopic (exact) mass is 784 g/mol. The van der Waals surface area contributed by atoms with Crippen molar-refractivity contribution in [2.45, 2.75) is 30.4 Å². The molecule has 1 atom stereocenters. The van der Waals surface area contributed by atoms with E-state index in [1.54, 1.807) is 85.8 Å². The zero-order valence-corrected chi connectivity index (χ0v) is 31.6. The molecule has 1 unspecified atom stereocenters. The molecule has 1 heterocycles. The molecule has 0 radical (unpaired) electrons. The second-order valence-corrected chi connectivity index (χ2v) is 14.3. The number of hydrogen-bond donors (Lipinski definition) is 4. The number of anilines is 3. The van der Waals surface area contributed by atoms with E-state index in [1.165, 1.54) is 37.1 Å². The number of para-hydroxylation sites is 1. The number of amides is 4. The number of ether oxygens (including phenoxy) is 1. The Morgan fingerprint density at radius 3 is 2.19 bits per heavy atom. The number of methoxy groups -OCH3 is 1. The van der Waals surface area contributed by atoms with E-state index >= 15 is 0 Å². The zero-order chi connectivity index (χ0) is 38.8. The van der Waals surface area contributed by atoms with Crippen LogP contribution < -0.4 is 21.3 Å². The Hall–Kier alpha value is -5.76. The normalized spacial score (nSPS) is 11.6. The third-order valence-electron chi connectivity index (χ3n) is 7.86. The minimum Gasteiger partial charge on any atom is -0.465 e. The van der Waals surface area contributed by atoms with Gasteiger partial charge in [-0.25, -0.2) is 9.18 Å². The number of carbonyl (C=O) groups is 5. The largest absolute Gasteiger partial charge is 0.465 e. The summed E-state index contributed by atoms with van der Waals surface area (Å²) in [5.41, 5.74) is 1.28. The van der Waals surface area contributed by atoms with Gasteiger partial charge in [-0.15, -0.1) is 23.1 Å². The lowest BCUT2D eigenvalue weighted by Gasteiger charge is -2.16. The predicted molar refractivity (Wildman–Crippen MR) is 212 cm³/mol. The van der Waals surface area contributed by atoms with Gasteiger partial charge >= 0.3 is 5.97 Å². The van der Waals surface area contributed by atoms with Crippen LogP contribution in [0, 0.1) is 12.7 Å². The summed E-state index contributed by atoms with van der Waals surface area (Å²) in [4.78, 5) is 67.1. The van der Waals surface area contributed by atoms with Gasteiger partial charge in [-0.3, -0.25) is 19.2 Å². The molecule has 4 amide bonds. The second kappa shape index (κ2) is 18.3. The molecule has 10 nitrogen and oxygen atoms in total. The van der Waals surface area contributed by atoms with Crippen LogP contribution in [0.25, 0.3) is 6.08 Å². The SMILES string of the molecule is CCC(Sc1cccc(NC(=O)/C(=C\c2c(F)cccc2Cl)NC(=O)c2ccccc2)c1)C(=O)Nc1sc(C(=O)Nc2ccccc2)c(C)c1C(=O)OC. The molecule has 0 saturated carbocycles. The highest BCUT2D eigenvalue weighted by Crippen LogP contribution is 2.36. The minimum absolute atomic E-state index is 0.0413. The fourth-order valence-electron chi connectivity index (χ4n) is 5.14. The first-order chi connectivity index (χ1) is 26.0. The summed E-state index contributed by atoms with van der Waals surface area (Å²) in [5, 5.41) is 10.5. The van der Waals surface area contributed by atoms with Gasteiger partial charge in [-0.1, -0.05) is 67.1 Å². The van der Waals surface area contributed by atoms with Crippen molar-refractivity contribution < 1.29 is 33.1 Å². The van der Waals surface area contributed by atoms with Crippen LogP contribution in [0.1, 0.15) is 54.9 Å². The maximum Gasteiger partial charge on any atom is 0.341 e. The fraction of sp³-hybridized carbons (Fsp3) is 0.125. The van der Waals surface area contributed by atoms with Crippen molar-refractivity contribution in [1.82, 2.24) is 5.32 Å². The zero-order valence-electron chi connectivity index (χ0n) is 29.2. The number of hydrogen-bond acceptors (Lipinski definition) is 8. The lowest BCUT2D eigenvalue weighted by atomic mass is 10.1. The van der Waals surface area contributed by atoms with Crippen molar-refractivity contribution in [3.63, 3.8) is 0 Å². The molecular weight excluding hydrogens is 751 g/mol. The van der Waals surface area contributed by atoms with Crippen LogP contribution in [-0.4, -0.2) is 42.0 Å². The van der Waals surface area contributed by atoms with Crippen molar-refractivity contribution in [3.8, 4) is 0 Å². The van der Waals surface area contributed by atoms with Crippen LogP contribution in [0.2, 0.25) is 5.02 Å². The summed E-state index contributed by atoms with van der Waals surface area (Å²) in [5.74, 6) is -3.59. The Morgan fingerprint density at radius 1 is 0.852 bits per heavy atom. The summed E-state index contributed by atoms with van der Waals surface area (Å²) in [7, 11) is 1.22. The molecule has 0 spiro atoms. The molecule has 1 aromatic heterocycles. The Balaban J connectivity index is 1.34. The molecule has 4 aromatic carbocycles. The van der Waals surface area contributed by atoms with Crippen LogP contribution in [0.4, 0.5) is 20.8 Å². The molecule has 5 rings (SSSR count). The molecule has 54 heavy (non-hydrogen) atoms. The van der Waals surface area contributed by atoms with Crippen LogP contribution in [0.3, 0.4) is 0 Å². The summed E-state index contributed by atoms with van der Waals surface area (Å²) in [6.07, 6.45) is 1.55. The Labute approximate surface area is 324 Å². The summed E-state index contributed by atoms with van der Waals surface area (Å²) in [6.45, 7) is 3.44. The molecule has 14 heteroatoms. The van der Waals surface area contributed by atoms with Gasteiger partial charge in [0.2, 0.25) is 5.91 Å². The summed E-state index contributed by atoms with van der Waals surface area (Å²) in [6, 6.07) is 27.8. The predicted octanol–water partition coefficient (Wildman–Crippen LogP) is 8.81. The van der Waals surface area contributed by atoms with E-state index in [4.69, 9.17) is 16.3 Å². The van der Waals surface area contributed by atoms with Crippen LogP contribution >= 0.6 is 34.7 Å². The van der Waals surface area contributed by atoms with Gasteiger partial charge < -0.3 is 26.0 Å². The smallest absolute Gasteiger partial charge is 0.341 e. The number of thiophene rings is 1. The molecule has 0 saturated heterocycles. The number of nitrogens with one attached hydrogen (secondary N) is 4. The quantitative estimate of drug-likeness (QED) is 0.0531. The molecule has 0 bridgehead atoms. The van der Waals surface area contributed by atoms with Crippen LogP contribution in [0.5, 0.6) is 0 Å². The highest BCUT2D eigenvalue weighted by atomic mass is 35.5. The number of thioether (sulfide) groups is 1. The average Bonchev–Trinajstić information content (AvgIpc) is 3.50. The molecule has 4 N–H and O–H groups in total. The van der Waals surface area contributed by atoms with Gasteiger partial charge in [0.1, 0.15) is 16.5 Å².